The Hall–Kier alpha value is -1.90. The molecule has 0 radical (unpaired) electrons. The van der Waals surface area contributed by atoms with Gasteiger partial charge in [0, 0.05) is 11.4 Å². The summed E-state index contributed by atoms with van der Waals surface area (Å²) in [5.41, 5.74) is 2.95. The lowest BCUT2D eigenvalue weighted by molar-refractivity contribution is -0.110. The molecule has 0 bridgehead atoms. The van der Waals surface area contributed by atoms with Gasteiger partial charge < -0.3 is 0 Å². The number of hydrogen-bond acceptors (Lipinski definition) is 2. The van der Waals surface area contributed by atoms with Crippen LogP contribution in [0, 0.1) is 13.8 Å². The van der Waals surface area contributed by atoms with Crippen molar-refractivity contribution in [1.29, 1.82) is 0 Å². The number of aryl methyl sites for hydroxylation is 2. The zero-order valence-corrected chi connectivity index (χ0v) is 8.77. The quantitative estimate of drug-likeness (QED) is 0.638. The summed E-state index contributed by atoms with van der Waals surface area (Å²) in [4.78, 5) is 10.9. The number of rotatable bonds is 1. The molecule has 0 fully saturated rings. The standard InChI is InChI=1S/C12H12N2O/c1-9-3-4-10(2)14(9)13-11-5-7-12(15)8-6-11/h3-8H,1-2H3. The lowest BCUT2D eigenvalue weighted by atomic mass is 10.2. The van der Waals surface area contributed by atoms with Gasteiger partial charge in [-0.2, -0.15) is 5.10 Å². The highest BCUT2D eigenvalue weighted by Crippen LogP contribution is 2.07. The summed E-state index contributed by atoms with van der Waals surface area (Å²) in [5, 5.41) is 4.42. The minimum Gasteiger partial charge on any atom is -0.290 e. The van der Waals surface area contributed by atoms with Gasteiger partial charge in [0.2, 0.25) is 0 Å². The van der Waals surface area contributed by atoms with Gasteiger partial charge in [0.1, 0.15) is 0 Å². The number of allylic oxidation sites excluding steroid dienone is 4. The van der Waals surface area contributed by atoms with E-state index in [2.05, 4.69) is 5.10 Å². The predicted molar refractivity (Wildman–Crippen MR) is 60.0 cm³/mol. The molecular weight excluding hydrogens is 188 g/mol. The summed E-state index contributed by atoms with van der Waals surface area (Å²) in [6, 6.07) is 4.03. The lowest BCUT2D eigenvalue weighted by Gasteiger charge is -2.04. The zero-order chi connectivity index (χ0) is 10.8. The number of carbonyl (C=O) groups excluding carboxylic acids is 1. The first-order chi connectivity index (χ1) is 7.16. The van der Waals surface area contributed by atoms with Crippen molar-refractivity contribution >= 4 is 11.5 Å². The highest BCUT2D eigenvalue weighted by atomic mass is 16.1. The van der Waals surface area contributed by atoms with Crippen LogP contribution in [0.5, 0.6) is 0 Å². The summed E-state index contributed by atoms with van der Waals surface area (Å²) in [6.07, 6.45) is 6.49. The molecule has 1 aromatic heterocycles. The second kappa shape index (κ2) is 3.69. The maximum atomic E-state index is 10.9. The molecule has 76 valence electrons. The molecule has 3 heteroatoms. The van der Waals surface area contributed by atoms with Gasteiger partial charge in [0.25, 0.3) is 0 Å². The van der Waals surface area contributed by atoms with Gasteiger partial charge in [0.15, 0.2) is 5.78 Å². The van der Waals surface area contributed by atoms with Gasteiger partial charge in [-0.25, -0.2) is 4.68 Å². The van der Waals surface area contributed by atoms with Gasteiger partial charge in [-0.15, -0.1) is 0 Å². The Morgan fingerprint density at radius 2 is 1.53 bits per heavy atom. The molecular formula is C12H12N2O. The molecule has 1 heterocycles. The SMILES string of the molecule is Cc1ccc(C)n1N=C1C=CC(=O)C=C1. The largest absolute Gasteiger partial charge is 0.290 e. The van der Waals surface area contributed by atoms with Crippen LogP contribution < -0.4 is 0 Å². The van der Waals surface area contributed by atoms with Gasteiger partial charge in [-0.3, -0.25) is 4.79 Å². The maximum Gasteiger partial charge on any atom is 0.178 e. The lowest BCUT2D eigenvalue weighted by Crippen LogP contribution is -2.03. The number of nitrogens with zero attached hydrogens (tertiary/aromatic N) is 2. The van der Waals surface area contributed by atoms with Crippen LogP contribution in [0.4, 0.5) is 0 Å². The number of aromatic nitrogens is 1. The first kappa shape index (κ1) is 9.65. The van der Waals surface area contributed by atoms with Crippen LogP contribution in [-0.4, -0.2) is 16.2 Å². The third-order valence-corrected chi connectivity index (χ3v) is 2.29. The van der Waals surface area contributed by atoms with Crippen LogP contribution in [0.2, 0.25) is 0 Å². The fourth-order valence-electron chi connectivity index (χ4n) is 1.45. The van der Waals surface area contributed by atoms with Crippen molar-refractivity contribution in [1.82, 2.24) is 4.68 Å². The van der Waals surface area contributed by atoms with Crippen molar-refractivity contribution in [3.8, 4) is 0 Å². The first-order valence-electron chi connectivity index (χ1n) is 4.81. The Kier molecular flexibility index (Phi) is 2.37. The Morgan fingerprint density at radius 1 is 1.00 bits per heavy atom. The third kappa shape index (κ3) is 1.96. The van der Waals surface area contributed by atoms with Gasteiger partial charge in [0.05, 0.1) is 5.71 Å². The van der Waals surface area contributed by atoms with Gasteiger partial charge in [-0.1, -0.05) is 0 Å². The highest BCUT2D eigenvalue weighted by molar-refractivity contribution is 6.16. The van der Waals surface area contributed by atoms with E-state index in [-0.39, 0.29) is 5.78 Å². The summed E-state index contributed by atoms with van der Waals surface area (Å²) < 4.78 is 1.86. The number of ketones is 1. The molecule has 0 aliphatic heterocycles. The van der Waals surface area contributed by atoms with Crippen molar-refractivity contribution in [3.05, 3.63) is 47.8 Å². The molecule has 0 aromatic carbocycles. The van der Waals surface area contributed by atoms with E-state index in [1.807, 2.05) is 30.7 Å². The highest BCUT2D eigenvalue weighted by Gasteiger charge is 2.02. The van der Waals surface area contributed by atoms with E-state index in [0.29, 0.717) is 0 Å². The molecule has 0 spiro atoms. The monoisotopic (exact) mass is 200 g/mol. The number of carbonyl (C=O) groups is 1. The van der Waals surface area contributed by atoms with E-state index < -0.39 is 0 Å². The second-order valence-corrected chi connectivity index (χ2v) is 3.52. The van der Waals surface area contributed by atoms with Crippen LogP contribution in [0.1, 0.15) is 11.4 Å². The fourth-order valence-corrected chi connectivity index (χ4v) is 1.45. The second-order valence-electron chi connectivity index (χ2n) is 3.52. The maximum absolute atomic E-state index is 10.9. The van der Waals surface area contributed by atoms with E-state index >= 15 is 0 Å². The molecule has 0 atom stereocenters. The third-order valence-electron chi connectivity index (χ3n) is 2.29. The van der Waals surface area contributed by atoms with Crippen LogP contribution >= 0.6 is 0 Å². The molecule has 0 saturated heterocycles. The van der Waals surface area contributed by atoms with E-state index in [0.717, 1.165) is 17.1 Å². The molecule has 1 aliphatic rings. The van der Waals surface area contributed by atoms with Crippen LogP contribution in [-0.2, 0) is 4.79 Å². The normalized spacial score (nSPS) is 14.8. The van der Waals surface area contributed by atoms with E-state index in [9.17, 15) is 4.79 Å². The van der Waals surface area contributed by atoms with Crippen LogP contribution in [0.3, 0.4) is 0 Å². The Balaban J connectivity index is 2.36. The predicted octanol–water partition coefficient (Wildman–Crippen LogP) is 2.00. The van der Waals surface area contributed by atoms with Crippen molar-refractivity contribution in [2.75, 3.05) is 0 Å². The Labute approximate surface area is 88.4 Å². The molecule has 1 aliphatic carbocycles. The van der Waals surface area contributed by atoms with Crippen LogP contribution in [0.15, 0.2) is 41.5 Å². The van der Waals surface area contributed by atoms with E-state index in [4.69, 9.17) is 0 Å². The van der Waals surface area contributed by atoms with E-state index in [1.54, 1.807) is 12.2 Å². The summed E-state index contributed by atoms with van der Waals surface area (Å²) in [5.74, 6) is 0.00917. The molecule has 0 unspecified atom stereocenters. The zero-order valence-electron chi connectivity index (χ0n) is 8.77. The first-order valence-corrected chi connectivity index (χ1v) is 4.81. The molecule has 15 heavy (non-hydrogen) atoms. The Morgan fingerprint density at radius 3 is 2.07 bits per heavy atom. The number of hydrogen-bond donors (Lipinski definition) is 0. The molecule has 0 amide bonds. The minimum atomic E-state index is 0.00917. The molecule has 0 saturated carbocycles. The fraction of sp³-hybridized carbons (Fsp3) is 0.167. The molecule has 0 N–H and O–H groups in total. The van der Waals surface area contributed by atoms with E-state index in [1.165, 1.54) is 12.2 Å². The summed E-state index contributed by atoms with van der Waals surface area (Å²) in [6.45, 7) is 4.00. The minimum absolute atomic E-state index is 0.00917. The smallest absolute Gasteiger partial charge is 0.178 e. The molecule has 3 nitrogen and oxygen atoms in total. The molecule has 2 rings (SSSR count). The van der Waals surface area contributed by atoms with Gasteiger partial charge in [-0.05, 0) is 50.3 Å². The Bertz CT molecular complexity index is 452. The van der Waals surface area contributed by atoms with Crippen molar-refractivity contribution in [2.45, 2.75) is 13.8 Å². The van der Waals surface area contributed by atoms with Crippen molar-refractivity contribution < 1.29 is 4.79 Å². The average molecular weight is 200 g/mol. The van der Waals surface area contributed by atoms with Crippen LogP contribution in [0.25, 0.3) is 0 Å². The van der Waals surface area contributed by atoms with Gasteiger partial charge >= 0.3 is 0 Å². The topological polar surface area (TPSA) is 34.4 Å². The summed E-state index contributed by atoms with van der Waals surface area (Å²) >= 11 is 0. The molecule has 1 aromatic rings. The summed E-state index contributed by atoms with van der Waals surface area (Å²) in [7, 11) is 0. The van der Waals surface area contributed by atoms with Crippen molar-refractivity contribution in [3.63, 3.8) is 0 Å². The average Bonchev–Trinajstić information content (AvgIpc) is 2.53. The van der Waals surface area contributed by atoms with Crippen molar-refractivity contribution in [2.24, 2.45) is 5.10 Å².